The SMILES string of the molecule is Cc1cc2ncn(CC(=O)CC3NCCCC3O)c(=O)c2cc1Cl. The molecule has 128 valence electrons. The lowest BCUT2D eigenvalue weighted by Crippen LogP contribution is -2.46. The number of piperidine rings is 1. The molecule has 7 heteroatoms. The molecule has 2 heterocycles. The van der Waals surface area contributed by atoms with Gasteiger partial charge in [0.2, 0.25) is 0 Å². The van der Waals surface area contributed by atoms with Crippen molar-refractivity contribution < 1.29 is 9.90 Å². The molecule has 1 aliphatic rings. The summed E-state index contributed by atoms with van der Waals surface area (Å²) in [5.41, 5.74) is 1.13. The molecule has 0 spiro atoms. The first-order chi connectivity index (χ1) is 11.5. The molecule has 0 radical (unpaired) electrons. The Balaban J connectivity index is 1.79. The van der Waals surface area contributed by atoms with Crippen molar-refractivity contribution in [2.75, 3.05) is 6.54 Å². The maximum absolute atomic E-state index is 12.5. The monoisotopic (exact) mass is 349 g/mol. The molecule has 2 aromatic rings. The van der Waals surface area contributed by atoms with E-state index in [2.05, 4.69) is 10.3 Å². The van der Waals surface area contributed by atoms with Gasteiger partial charge in [-0.3, -0.25) is 14.2 Å². The van der Waals surface area contributed by atoms with E-state index in [-0.39, 0.29) is 30.3 Å². The van der Waals surface area contributed by atoms with Gasteiger partial charge in [-0.05, 0) is 44.0 Å². The first-order valence-electron chi connectivity index (χ1n) is 8.04. The second kappa shape index (κ2) is 7.01. The van der Waals surface area contributed by atoms with Crippen LogP contribution in [0.5, 0.6) is 0 Å². The van der Waals surface area contributed by atoms with Crippen LogP contribution in [0.15, 0.2) is 23.3 Å². The number of fused-ring (bicyclic) bond motifs is 1. The van der Waals surface area contributed by atoms with Crippen molar-refractivity contribution in [1.29, 1.82) is 0 Å². The van der Waals surface area contributed by atoms with Gasteiger partial charge in [-0.15, -0.1) is 0 Å². The fourth-order valence-electron chi connectivity index (χ4n) is 3.04. The van der Waals surface area contributed by atoms with Crippen LogP contribution in [0.4, 0.5) is 0 Å². The van der Waals surface area contributed by atoms with Gasteiger partial charge >= 0.3 is 0 Å². The number of aromatic nitrogens is 2. The van der Waals surface area contributed by atoms with E-state index in [1.807, 2.05) is 6.92 Å². The molecule has 0 amide bonds. The maximum Gasteiger partial charge on any atom is 0.261 e. The van der Waals surface area contributed by atoms with Gasteiger partial charge in [0.25, 0.3) is 5.56 Å². The zero-order chi connectivity index (χ0) is 17.3. The Bertz CT molecular complexity index is 834. The van der Waals surface area contributed by atoms with E-state index in [0.717, 1.165) is 18.5 Å². The minimum Gasteiger partial charge on any atom is -0.391 e. The molecule has 24 heavy (non-hydrogen) atoms. The number of halogens is 1. The van der Waals surface area contributed by atoms with Crippen LogP contribution < -0.4 is 10.9 Å². The lowest BCUT2D eigenvalue weighted by atomic mass is 9.97. The molecule has 2 N–H and O–H groups in total. The second-order valence-corrected chi connectivity index (χ2v) is 6.72. The number of Topliss-reactive ketones (excluding diaryl/α,β-unsaturated/α-hetero) is 1. The van der Waals surface area contributed by atoms with E-state index in [4.69, 9.17) is 11.6 Å². The van der Waals surface area contributed by atoms with Gasteiger partial charge in [-0.2, -0.15) is 0 Å². The average molecular weight is 350 g/mol. The Labute approximate surface area is 144 Å². The number of aryl methyl sites for hydroxylation is 1. The first-order valence-corrected chi connectivity index (χ1v) is 8.42. The highest BCUT2D eigenvalue weighted by molar-refractivity contribution is 6.32. The second-order valence-electron chi connectivity index (χ2n) is 6.31. The van der Waals surface area contributed by atoms with Gasteiger partial charge in [0.1, 0.15) is 0 Å². The predicted molar refractivity (Wildman–Crippen MR) is 92.4 cm³/mol. The van der Waals surface area contributed by atoms with Gasteiger partial charge in [0.05, 0.1) is 29.9 Å². The van der Waals surface area contributed by atoms with Crippen molar-refractivity contribution in [3.8, 4) is 0 Å². The highest BCUT2D eigenvalue weighted by Gasteiger charge is 2.25. The summed E-state index contributed by atoms with van der Waals surface area (Å²) >= 11 is 6.08. The van der Waals surface area contributed by atoms with Crippen LogP contribution >= 0.6 is 11.6 Å². The van der Waals surface area contributed by atoms with E-state index in [1.165, 1.54) is 10.9 Å². The molecular weight excluding hydrogens is 330 g/mol. The first kappa shape index (κ1) is 17.1. The lowest BCUT2D eigenvalue weighted by molar-refractivity contribution is -0.121. The van der Waals surface area contributed by atoms with Gasteiger partial charge in [-0.25, -0.2) is 4.98 Å². The molecule has 1 aliphatic heterocycles. The van der Waals surface area contributed by atoms with Gasteiger partial charge in [0.15, 0.2) is 5.78 Å². The summed E-state index contributed by atoms with van der Waals surface area (Å²) in [5, 5.41) is 14.0. The maximum atomic E-state index is 12.5. The number of aliphatic hydroxyl groups excluding tert-OH is 1. The Morgan fingerprint density at radius 1 is 1.50 bits per heavy atom. The molecule has 1 saturated heterocycles. The van der Waals surface area contributed by atoms with Crippen molar-refractivity contribution >= 4 is 28.3 Å². The molecule has 1 fully saturated rings. The quantitative estimate of drug-likeness (QED) is 0.872. The van der Waals surface area contributed by atoms with Crippen LogP contribution in [0.2, 0.25) is 5.02 Å². The van der Waals surface area contributed by atoms with E-state index in [1.54, 1.807) is 12.1 Å². The topological polar surface area (TPSA) is 84.2 Å². The third-order valence-electron chi connectivity index (χ3n) is 4.45. The lowest BCUT2D eigenvalue weighted by Gasteiger charge is -2.28. The molecule has 0 aliphatic carbocycles. The fourth-order valence-corrected chi connectivity index (χ4v) is 3.20. The summed E-state index contributed by atoms with van der Waals surface area (Å²) in [4.78, 5) is 29.0. The smallest absolute Gasteiger partial charge is 0.261 e. The molecular formula is C17H20ClN3O3. The summed E-state index contributed by atoms with van der Waals surface area (Å²) in [6, 6.07) is 3.11. The van der Waals surface area contributed by atoms with Crippen LogP contribution in [0.25, 0.3) is 10.9 Å². The standard InChI is InChI=1S/C17H20ClN3O3/c1-10-5-14-12(7-13(10)18)17(24)21(9-20-14)8-11(22)6-15-16(23)3-2-4-19-15/h5,7,9,15-16,19,23H,2-4,6,8H2,1H3. The molecule has 1 aromatic carbocycles. The number of ketones is 1. The zero-order valence-electron chi connectivity index (χ0n) is 13.5. The average Bonchev–Trinajstić information content (AvgIpc) is 2.54. The molecule has 3 rings (SSSR count). The minimum absolute atomic E-state index is 0.0574. The molecule has 0 saturated carbocycles. The molecule has 2 unspecified atom stereocenters. The highest BCUT2D eigenvalue weighted by Crippen LogP contribution is 2.19. The minimum atomic E-state index is -0.518. The molecule has 0 bridgehead atoms. The van der Waals surface area contributed by atoms with Crippen molar-refractivity contribution in [3.63, 3.8) is 0 Å². The Hall–Kier alpha value is -1.76. The van der Waals surface area contributed by atoms with E-state index in [9.17, 15) is 14.7 Å². The third kappa shape index (κ3) is 3.50. The number of nitrogens with one attached hydrogen (secondary N) is 1. The van der Waals surface area contributed by atoms with Crippen LogP contribution in [0, 0.1) is 6.92 Å². The number of hydrogen-bond donors (Lipinski definition) is 2. The van der Waals surface area contributed by atoms with E-state index in [0.29, 0.717) is 22.3 Å². The number of carbonyl (C=O) groups excluding carboxylic acids is 1. The Morgan fingerprint density at radius 3 is 3.04 bits per heavy atom. The number of hydrogen-bond acceptors (Lipinski definition) is 5. The predicted octanol–water partition coefficient (Wildman–Crippen LogP) is 1.43. The Morgan fingerprint density at radius 2 is 2.29 bits per heavy atom. The van der Waals surface area contributed by atoms with Crippen molar-refractivity contribution in [1.82, 2.24) is 14.9 Å². The highest BCUT2D eigenvalue weighted by atomic mass is 35.5. The van der Waals surface area contributed by atoms with E-state index >= 15 is 0 Å². The molecule has 6 nitrogen and oxygen atoms in total. The molecule has 1 aromatic heterocycles. The van der Waals surface area contributed by atoms with Gasteiger partial charge in [-0.1, -0.05) is 11.6 Å². The van der Waals surface area contributed by atoms with Crippen molar-refractivity contribution in [2.24, 2.45) is 0 Å². The van der Waals surface area contributed by atoms with E-state index < -0.39 is 6.10 Å². The summed E-state index contributed by atoms with van der Waals surface area (Å²) < 4.78 is 1.30. The zero-order valence-corrected chi connectivity index (χ0v) is 14.2. The summed E-state index contributed by atoms with van der Waals surface area (Å²) in [6.45, 7) is 2.59. The Kier molecular flexibility index (Phi) is 4.99. The summed E-state index contributed by atoms with van der Waals surface area (Å²) in [5.74, 6) is -0.116. The van der Waals surface area contributed by atoms with Crippen molar-refractivity contribution in [2.45, 2.75) is 44.9 Å². The number of nitrogens with zero attached hydrogens (tertiary/aromatic N) is 2. The number of rotatable bonds is 4. The molecule has 2 atom stereocenters. The number of aliphatic hydroxyl groups is 1. The normalized spacial score (nSPS) is 21.1. The van der Waals surface area contributed by atoms with Gasteiger partial charge in [0, 0.05) is 17.5 Å². The van der Waals surface area contributed by atoms with Crippen LogP contribution in [-0.4, -0.2) is 39.1 Å². The summed E-state index contributed by atoms with van der Waals surface area (Å²) in [6.07, 6.45) is 2.66. The van der Waals surface area contributed by atoms with Gasteiger partial charge < -0.3 is 10.4 Å². The largest absolute Gasteiger partial charge is 0.391 e. The summed E-state index contributed by atoms with van der Waals surface area (Å²) in [7, 11) is 0. The van der Waals surface area contributed by atoms with Crippen LogP contribution in [0.1, 0.15) is 24.8 Å². The fraction of sp³-hybridized carbons (Fsp3) is 0.471. The number of carbonyl (C=O) groups is 1. The van der Waals surface area contributed by atoms with Crippen LogP contribution in [0.3, 0.4) is 0 Å². The third-order valence-corrected chi connectivity index (χ3v) is 4.85. The van der Waals surface area contributed by atoms with Crippen molar-refractivity contribution in [3.05, 3.63) is 39.4 Å². The van der Waals surface area contributed by atoms with Crippen LogP contribution in [-0.2, 0) is 11.3 Å². The number of benzene rings is 1.